The third-order valence-electron chi connectivity index (χ3n) is 3.84. The largest absolute Gasteiger partial charge is 0.316 e. The highest BCUT2D eigenvalue weighted by molar-refractivity contribution is 5.21. The van der Waals surface area contributed by atoms with Crippen LogP contribution in [0, 0.1) is 5.82 Å². The minimum absolute atomic E-state index is 0.162. The molecule has 0 fully saturated rings. The van der Waals surface area contributed by atoms with E-state index in [4.69, 9.17) is 0 Å². The molecule has 0 aliphatic rings. The average Bonchev–Trinajstić information content (AvgIpc) is 2.53. The van der Waals surface area contributed by atoms with E-state index in [1.54, 1.807) is 12.1 Å². The number of nitrogens with one attached hydrogen (secondary N) is 1. The number of rotatable bonds is 8. The fraction of sp³-hybridized carbons (Fsp3) is 0.368. The summed E-state index contributed by atoms with van der Waals surface area (Å²) in [7, 11) is 0. The fourth-order valence-electron chi connectivity index (χ4n) is 2.64. The minimum Gasteiger partial charge on any atom is -0.316 e. The summed E-state index contributed by atoms with van der Waals surface area (Å²) in [5.74, 6) is 0.291. The Morgan fingerprint density at radius 1 is 1.00 bits per heavy atom. The van der Waals surface area contributed by atoms with Gasteiger partial charge in [0.05, 0.1) is 0 Å². The Morgan fingerprint density at radius 3 is 2.38 bits per heavy atom. The van der Waals surface area contributed by atoms with Crippen LogP contribution in [0.15, 0.2) is 54.6 Å². The summed E-state index contributed by atoms with van der Waals surface area (Å²) in [6, 6.07) is 17.5. The van der Waals surface area contributed by atoms with Crippen molar-refractivity contribution < 1.29 is 4.39 Å². The molecule has 0 amide bonds. The van der Waals surface area contributed by atoms with Gasteiger partial charge in [-0.05, 0) is 55.0 Å². The lowest BCUT2D eigenvalue weighted by molar-refractivity contribution is 0.540. The zero-order chi connectivity index (χ0) is 14.9. The molecule has 112 valence electrons. The predicted molar refractivity (Wildman–Crippen MR) is 87.1 cm³/mol. The van der Waals surface area contributed by atoms with Gasteiger partial charge >= 0.3 is 0 Å². The van der Waals surface area contributed by atoms with E-state index >= 15 is 0 Å². The van der Waals surface area contributed by atoms with Crippen LogP contribution in [0.5, 0.6) is 0 Å². The first-order valence-corrected chi connectivity index (χ1v) is 7.79. The van der Waals surface area contributed by atoms with E-state index in [-0.39, 0.29) is 5.82 Å². The summed E-state index contributed by atoms with van der Waals surface area (Å²) in [5.41, 5.74) is 2.62. The lowest BCUT2D eigenvalue weighted by atomic mass is 9.92. The molecule has 2 aromatic rings. The molecule has 0 radical (unpaired) electrons. The van der Waals surface area contributed by atoms with Crippen molar-refractivity contribution in [2.45, 2.75) is 32.1 Å². The normalized spacial score (nSPS) is 12.3. The molecule has 2 rings (SSSR count). The van der Waals surface area contributed by atoms with E-state index in [9.17, 15) is 4.39 Å². The monoisotopic (exact) mass is 285 g/mol. The SMILES string of the molecule is CCNCC(CCCc1ccccc1)c1ccc(F)cc1. The second-order valence-electron chi connectivity index (χ2n) is 5.43. The van der Waals surface area contributed by atoms with Gasteiger partial charge < -0.3 is 5.32 Å². The molecular weight excluding hydrogens is 261 g/mol. The van der Waals surface area contributed by atoms with Crippen LogP contribution in [0.4, 0.5) is 4.39 Å². The lowest BCUT2D eigenvalue weighted by Gasteiger charge is -2.18. The molecule has 2 heteroatoms. The highest BCUT2D eigenvalue weighted by Gasteiger charge is 2.11. The molecular formula is C19H24FN. The molecule has 1 nitrogen and oxygen atoms in total. The van der Waals surface area contributed by atoms with Gasteiger partial charge in [-0.1, -0.05) is 49.4 Å². The molecule has 21 heavy (non-hydrogen) atoms. The first-order valence-electron chi connectivity index (χ1n) is 7.79. The van der Waals surface area contributed by atoms with Crippen molar-refractivity contribution in [1.29, 1.82) is 0 Å². The Morgan fingerprint density at radius 2 is 1.71 bits per heavy atom. The minimum atomic E-state index is -0.162. The summed E-state index contributed by atoms with van der Waals surface area (Å²) in [4.78, 5) is 0. The van der Waals surface area contributed by atoms with Crippen molar-refractivity contribution in [3.05, 3.63) is 71.5 Å². The van der Waals surface area contributed by atoms with Gasteiger partial charge in [0.25, 0.3) is 0 Å². The lowest BCUT2D eigenvalue weighted by Crippen LogP contribution is -2.21. The third-order valence-corrected chi connectivity index (χ3v) is 3.84. The highest BCUT2D eigenvalue weighted by atomic mass is 19.1. The van der Waals surface area contributed by atoms with Crippen LogP contribution in [-0.2, 0) is 6.42 Å². The summed E-state index contributed by atoms with van der Waals surface area (Å²) in [5, 5.41) is 3.42. The third kappa shape index (κ3) is 5.31. The first-order chi connectivity index (χ1) is 10.3. The van der Waals surface area contributed by atoms with Gasteiger partial charge in [-0.25, -0.2) is 4.39 Å². The Kier molecular flexibility index (Phi) is 6.42. The number of halogens is 1. The van der Waals surface area contributed by atoms with Crippen LogP contribution >= 0.6 is 0 Å². The second-order valence-corrected chi connectivity index (χ2v) is 5.43. The van der Waals surface area contributed by atoms with Crippen LogP contribution in [0.25, 0.3) is 0 Å². The number of benzene rings is 2. The Balaban J connectivity index is 1.91. The topological polar surface area (TPSA) is 12.0 Å². The smallest absolute Gasteiger partial charge is 0.123 e. The molecule has 0 aromatic heterocycles. The van der Waals surface area contributed by atoms with E-state index in [0.717, 1.165) is 32.4 Å². The van der Waals surface area contributed by atoms with Crippen molar-refractivity contribution in [3.63, 3.8) is 0 Å². The van der Waals surface area contributed by atoms with Crippen LogP contribution in [0.2, 0.25) is 0 Å². The maximum Gasteiger partial charge on any atom is 0.123 e. The standard InChI is InChI=1S/C19H24FN/c1-2-21-15-18(17-11-13-19(20)14-12-17)10-6-9-16-7-4-3-5-8-16/h3-5,7-8,11-14,18,21H,2,6,9-10,15H2,1H3. The summed E-state index contributed by atoms with van der Waals surface area (Å²) in [6.07, 6.45) is 3.37. The molecule has 0 aliphatic heterocycles. The van der Waals surface area contributed by atoms with Gasteiger partial charge in [0, 0.05) is 6.54 Å². The Hall–Kier alpha value is -1.67. The predicted octanol–water partition coefficient (Wildman–Crippen LogP) is 4.54. The molecule has 0 saturated carbocycles. The maximum atomic E-state index is 13.1. The van der Waals surface area contributed by atoms with Crippen molar-refractivity contribution in [1.82, 2.24) is 5.32 Å². The van der Waals surface area contributed by atoms with Gasteiger partial charge in [0.15, 0.2) is 0 Å². The van der Waals surface area contributed by atoms with Crippen LogP contribution in [0.3, 0.4) is 0 Å². The van der Waals surface area contributed by atoms with Crippen molar-refractivity contribution in [3.8, 4) is 0 Å². The van der Waals surface area contributed by atoms with Crippen molar-refractivity contribution in [2.24, 2.45) is 0 Å². The quantitative estimate of drug-likeness (QED) is 0.750. The number of aryl methyl sites for hydroxylation is 1. The molecule has 1 atom stereocenters. The average molecular weight is 285 g/mol. The van der Waals surface area contributed by atoms with E-state index in [2.05, 4.69) is 42.6 Å². The first kappa shape index (κ1) is 15.7. The molecule has 0 spiro atoms. The number of hydrogen-bond acceptors (Lipinski definition) is 1. The van der Waals surface area contributed by atoms with E-state index in [1.807, 2.05) is 12.1 Å². The molecule has 2 aromatic carbocycles. The van der Waals surface area contributed by atoms with E-state index < -0.39 is 0 Å². The van der Waals surface area contributed by atoms with Gasteiger partial charge in [-0.3, -0.25) is 0 Å². The van der Waals surface area contributed by atoms with Crippen molar-refractivity contribution >= 4 is 0 Å². The zero-order valence-corrected chi connectivity index (χ0v) is 12.7. The Labute approximate surface area is 127 Å². The van der Waals surface area contributed by atoms with Crippen LogP contribution in [-0.4, -0.2) is 13.1 Å². The summed E-state index contributed by atoms with van der Waals surface area (Å²) < 4.78 is 13.1. The summed E-state index contributed by atoms with van der Waals surface area (Å²) in [6.45, 7) is 4.04. The van der Waals surface area contributed by atoms with E-state index in [1.165, 1.54) is 11.1 Å². The van der Waals surface area contributed by atoms with Gasteiger partial charge in [0.2, 0.25) is 0 Å². The Bertz CT molecular complexity index is 507. The fourth-order valence-corrected chi connectivity index (χ4v) is 2.64. The molecule has 0 aliphatic carbocycles. The van der Waals surface area contributed by atoms with Crippen molar-refractivity contribution in [2.75, 3.05) is 13.1 Å². The number of likely N-dealkylation sites (N-methyl/N-ethyl adjacent to an activating group) is 1. The van der Waals surface area contributed by atoms with Gasteiger partial charge in [-0.15, -0.1) is 0 Å². The molecule has 0 saturated heterocycles. The highest BCUT2D eigenvalue weighted by Crippen LogP contribution is 2.22. The van der Waals surface area contributed by atoms with E-state index in [0.29, 0.717) is 5.92 Å². The molecule has 1 N–H and O–H groups in total. The second kappa shape index (κ2) is 8.58. The molecule has 0 heterocycles. The maximum absolute atomic E-state index is 13.1. The van der Waals surface area contributed by atoms with Gasteiger partial charge in [-0.2, -0.15) is 0 Å². The van der Waals surface area contributed by atoms with Gasteiger partial charge in [0.1, 0.15) is 5.82 Å². The zero-order valence-electron chi connectivity index (χ0n) is 12.7. The number of hydrogen-bond donors (Lipinski definition) is 1. The summed E-state index contributed by atoms with van der Waals surface area (Å²) >= 11 is 0. The molecule has 1 unspecified atom stereocenters. The molecule has 0 bridgehead atoms. The van der Waals surface area contributed by atoms with Crippen LogP contribution in [0.1, 0.15) is 36.8 Å². The van der Waals surface area contributed by atoms with Crippen LogP contribution < -0.4 is 5.32 Å².